The van der Waals surface area contributed by atoms with E-state index in [9.17, 15) is 9.59 Å². The summed E-state index contributed by atoms with van der Waals surface area (Å²) < 4.78 is 5.22. The van der Waals surface area contributed by atoms with Gasteiger partial charge in [-0.15, -0.1) is 0 Å². The first-order valence-electron chi connectivity index (χ1n) is 12.8. The summed E-state index contributed by atoms with van der Waals surface area (Å²) in [4.78, 5) is 28.6. The summed E-state index contributed by atoms with van der Waals surface area (Å²) in [5.74, 6) is -0.0242. The number of amides is 1. The van der Waals surface area contributed by atoms with Crippen LogP contribution in [0.1, 0.15) is 109 Å². The number of rotatable bonds is 16. The number of hydrogen-bond donors (Lipinski definition) is 2. The number of carbonyl (C=O) groups excluding carboxylic acids is 2. The molecule has 0 aliphatic carbocycles. The van der Waals surface area contributed by atoms with Crippen LogP contribution in [0.4, 0.5) is 4.79 Å². The van der Waals surface area contributed by atoms with Gasteiger partial charge in [-0.1, -0.05) is 87.7 Å². The third kappa shape index (κ3) is 16.1. The Bertz CT molecular complexity index is 739. The molecule has 192 valence electrons. The van der Waals surface area contributed by atoms with Crippen molar-refractivity contribution < 1.29 is 19.2 Å². The number of amidine groups is 1. The number of nitrogens with two attached hydrogens (primary N) is 1. The van der Waals surface area contributed by atoms with Crippen molar-refractivity contribution in [3.63, 3.8) is 0 Å². The Morgan fingerprint density at radius 2 is 1.44 bits per heavy atom. The van der Waals surface area contributed by atoms with Gasteiger partial charge in [-0.2, -0.15) is 0 Å². The Balaban J connectivity index is 2.17. The highest BCUT2D eigenvalue weighted by atomic mass is 16.7. The molecule has 1 amide bonds. The minimum Gasteiger partial charge on any atom is -0.444 e. The maximum absolute atomic E-state index is 12.0. The fraction of sp³-hybridized carbons (Fsp3) is 0.667. The third-order valence-corrected chi connectivity index (χ3v) is 5.28. The van der Waals surface area contributed by atoms with E-state index >= 15 is 0 Å². The molecule has 0 atom stereocenters. The standard InChI is InChI=1S/C27H45N3O4/c1-5-6-7-8-9-10-11-12-13-14-24(28)30-34-25(31)20-19-22-15-17-23(18-16-22)21-29-26(32)33-27(2,3)4/h15-18H,5-14,19-21H2,1-4H3,(H2,28,30)(H,29,32). The minimum absolute atomic E-state index is 0.227. The summed E-state index contributed by atoms with van der Waals surface area (Å²) in [5, 5.41) is 6.50. The fourth-order valence-electron chi connectivity index (χ4n) is 3.38. The molecule has 0 unspecified atom stereocenters. The molecule has 0 bridgehead atoms. The molecular weight excluding hydrogens is 430 g/mol. The number of alkyl carbamates (subject to hydrolysis) is 1. The molecule has 0 spiro atoms. The van der Waals surface area contributed by atoms with Crippen LogP contribution in [0.25, 0.3) is 0 Å². The quantitative estimate of drug-likeness (QED) is 0.0949. The number of oxime groups is 1. The van der Waals surface area contributed by atoms with Crippen molar-refractivity contribution in [2.75, 3.05) is 0 Å². The summed E-state index contributed by atoms with van der Waals surface area (Å²) >= 11 is 0. The van der Waals surface area contributed by atoms with Gasteiger partial charge in [0, 0.05) is 13.0 Å². The summed E-state index contributed by atoms with van der Waals surface area (Å²) in [6.45, 7) is 8.08. The normalized spacial score (nSPS) is 11.8. The summed E-state index contributed by atoms with van der Waals surface area (Å²) in [7, 11) is 0. The molecule has 7 nitrogen and oxygen atoms in total. The van der Waals surface area contributed by atoms with Crippen LogP contribution in [0.2, 0.25) is 0 Å². The summed E-state index contributed by atoms with van der Waals surface area (Å²) in [6, 6.07) is 7.69. The number of nitrogens with one attached hydrogen (secondary N) is 1. The average Bonchev–Trinajstić information content (AvgIpc) is 2.78. The molecule has 0 fully saturated rings. The van der Waals surface area contributed by atoms with Crippen LogP contribution in [-0.2, 0) is 27.3 Å². The van der Waals surface area contributed by atoms with E-state index in [-0.39, 0.29) is 6.42 Å². The third-order valence-electron chi connectivity index (χ3n) is 5.28. The lowest BCUT2D eigenvalue weighted by Crippen LogP contribution is -2.32. The first kappa shape index (κ1) is 29.5. The van der Waals surface area contributed by atoms with E-state index in [0.29, 0.717) is 25.2 Å². The number of nitrogens with zero attached hydrogens (tertiary/aromatic N) is 1. The lowest BCUT2D eigenvalue weighted by atomic mass is 10.1. The van der Waals surface area contributed by atoms with Crippen LogP contribution in [0.3, 0.4) is 0 Å². The summed E-state index contributed by atoms with van der Waals surface area (Å²) in [6.07, 6.45) is 12.2. The van der Waals surface area contributed by atoms with Gasteiger partial charge >= 0.3 is 12.1 Å². The maximum Gasteiger partial charge on any atom is 0.407 e. The van der Waals surface area contributed by atoms with E-state index in [1.165, 1.54) is 44.9 Å². The van der Waals surface area contributed by atoms with Crippen LogP contribution in [-0.4, -0.2) is 23.5 Å². The molecule has 3 N–H and O–H groups in total. The van der Waals surface area contributed by atoms with Crippen LogP contribution >= 0.6 is 0 Å². The Labute approximate surface area is 205 Å². The predicted molar refractivity (Wildman–Crippen MR) is 137 cm³/mol. The van der Waals surface area contributed by atoms with E-state index in [0.717, 1.165) is 24.0 Å². The van der Waals surface area contributed by atoms with Crippen LogP contribution in [0.5, 0.6) is 0 Å². The zero-order valence-corrected chi connectivity index (χ0v) is 21.7. The lowest BCUT2D eigenvalue weighted by molar-refractivity contribution is -0.143. The van der Waals surface area contributed by atoms with Crippen molar-refractivity contribution in [3.05, 3.63) is 35.4 Å². The van der Waals surface area contributed by atoms with E-state index in [1.807, 2.05) is 45.0 Å². The fourth-order valence-corrected chi connectivity index (χ4v) is 3.38. The highest BCUT2D eigenvalue weighted by Crippen LogP contribution is 2.11. The average molecular weight is 476 g/mol. The molecule has 1 rings (SSSR count). The SMILES string of the molecule is CCCCCCCCCCCC(N)=NOC(=O)CCc1ccc(CNC(=O)OC(C)(C)C)cc1. The van der Waals surface area contributed by atoms with Crippen molar-refractivity contribution in [2.24, 2.45) is 10.9 Å². The van der Waals surface area contributed by atoms with Crippen molar-refractivity contribution in [1.29, 1.82) is 0 Å². The monoisotopic (exact) mass is 475 g/mol. The molecule has 0 aliphatic heterocycles. The van der Waals surface area contributed by atoms with Gasteiger partial charge in [0.05, 0.1) is 6.42 Å². The van der Waals surface area contributed by atoms with Gasteiger partial charge in [-0.25, -0.2) is 9.59 Å². The number of carbonyl (C=O) groups is 2. The molecule has 0 saturated heterocycles. The van der Waals surface area contributed by atoms with Gasteiger partial charge in [-0.3, -0.25) is 0 Å². The van der Waals surface area contributed by atoms with Crippen molar-refractivity contribution in [2.45, 2.75) is 117 Å². The maximum atomic E-state index is 12.0. The molecule has 0 radical (unpaired) electrons. The number of aryl methyl sites for hydroxylation is 1. The smallest absolute Gasteiger partial charge is 0.407 e. The summed E-state index contributed by atoms with van der Waals surface area (Å²) in [5.41, 5.74) is 7.29. The molecule has 0 heterocycles. The van der Waals surface area contributed by atoms with Gasteiger partial charge in [-0.05, 0) is 44.7 Å². The number of ether oxygens (including phenoxy) is 1. The van der Waals surface area contributed by atoms with Crippen molar-refractivity contribution in [3.8, 4) is 0 Å². The molecule has 34 heavy (non-hydrogen) atoms. The van der Waals surface area contributed by atoms with Crippen LogP contribution in [0.15, 0.2) is 29.4 Å². The highest BCUT2D eigenvalue weighted by molar-refractivity contribution is 5.80. The van der Waals surface area contributed by atoms with E-state index in [4.69, 9.17) is 15.3 Å². The molecule has 7 heteroatoms. The molecular formula is C27H45N3O4. The van der Waals surface area contributed by atoms with E-state index < -0.39 is 17.7 Å². The van der Waals surface area contributed by atoms with Crippen molar-refractivity contribution in [1.82, 2.24) is 5.32 Å². The van der Waals surface area contributed by atoms with Gasteiger partial charge in [0.2, 0.25) is 0 Å². The first-order valence-corrected chi connectivity index (χ1v) is 12.8. The number of unbranched alkanes of at least 4 members (excludes halogenated alkanes) is 8. The van der Waals surface area contributed by atoms with E-state index in [1.54, 1.807) is 0 Å². The predicted octanol–water partition coefficient (Wildman–Crippen LogP) is 6.38. The van der Waals surface area contributed by atoms with Crippen LogP contribution < -0.4 is 11.1 Å². The minimum atomic E-state index is -0.523. The molecule has 1 aromatic carbocycles. The van der Waals surface area contributed by atoms with E-state index in [2.05, 4.69) is 17.4 Å². The second-order valence-corrected chi connectivity index (χ2v) is 9.80. The Hall–Kier alpha value is -2.57. The van der Waals surface area contributed by atoms with Gasteiger partial charge in [0.15, 0.2) is 0 Å². The number of benzene rings is 1. The highest BCUT2D eigenvalue weighted by Gasteiger charge is 2.15. The van der Waals surface area contributed by atoms with Gasteiger partial charge in [0.25, 0.3) is 0 Å². The number of hydrogen-bond acceptors (Lipinski definition) is 5. The molecule has 0 aromatic heterocycles. The largest absolute Gasteiger partial charge is 0.444 e. The first-order chi connectivity index (χ1) is 16.2. The Morgan fingerprint density at radius 3 is 2.03 bits per heavy atom. The zero-order chi connectivity index (χ0) is 25.2. The Kier molecular flexibility index (Phi) is 14.7. The van der Waals surface area contributed by atoms with Crippen molar-refractivity contribution >= 4 is 17.9 Å². The molecule has 1 aromatic rings. The zero-order valence-electron chi connectivity index (χ0n) is 21.7. The van der Waals surface area contributed by atoms with Gasteiger partial charge < -0.3 is 20.6 Å². The lowest BCUT2D eigenvalue weighted by Gasteiger charge is -2.19. The second-order valence-electron chi connectivity index (χ2n) is 9.80. The Morgan fingerprint density at radius 1 is 0.882 bits per heavy atom. The van der Waals surface area contributed by atoms with Gasteiger partial charge in [0.1, 0.15) is 11.4 Å². The topological polar surface area (TPSA) is 103 Å². The second kappa shape index (κ2) is 17.0. The molecule has 0 saturated carbocycles. The van der Waals surface area contributed by atoms with Crippen LogP contribution in [0, 0.1) is 0 Å². The molecule has 0 aliphatic rings.